The first-order chi connectivity index (χ1) is 13.3. The van der Waals surface area contributed by atoms with Crippen LogP contribution in [0.5, 0.6) is 0 Å². The van der Waals surface area contributed by atoms with Gasteiger partial charge in [-0.25, -0.2) is 9.67 Å². The van der Waals surface area contributed by atoms with E-state index in [9.17, 15) is 4.79 Å². The molecule has 4 heterocycles. The maximum Gasteiger partial charge on any atom is 0.255 e. The molecule has 28 heavy (non-hydrogen) atoms. The van der Waals surface area contributed by atoms with Crippen LogP contribution in [-0.2, 0) is 17.8 Å². The number of halogens is 1. The molecule has 11 nitrogen and oxygen atoms in total. The summed E-state index contributed by atoms with van der Waals surface area (Å²) in [6, 6.07) is 0.234. The Kier molecular flexibility index (Phi) is 6.37. The maximum absolute atomic E-state index is 12.8. The van der Waals surface area contributed by atoms with Crippen molar-refractivity contribution in [1.29, 1.82) is 0 Å². The number of carbonyl (C=O) groups is 1. The van der Waals surface area contributed by atoms with Gasteiger partial charge in [0, 0.05) is 32.0 Å². The number of rotatable bonds is 6. The first-order valence-corrected chi connectivity index (χ1v) is 8.95. The molecule has 0 unspecified atom stereocenters. The molecule has 3 aromatic rings. The lowest BCUT2D eigenvalue weighted by molar-refractivity contribution is 0.0904. The number of hydrogen-bond acceptors (Lipinski definition) is 8. The van der Waals surface area contributed by atoms with Crippen LogP contribution in [0.15, 0.2) is 12.4 Å². The quantitative estimate of drug-likeness (QED) is 0.548. The Morgan fingerprint density at radius 1 is 1.36 bits per heavy atom. The number of aryl methyl sites for hydroxylation is 1. The number of anilines is 1. The fraction of sp³-hybridized carbons (Fsp3) is 0.500. The minimum absolute atomic E-state index is 0. The highest BCUT2D eigenvalue weighted by molar-refractivity contribution is 6.06. The van der Waals surface area contributed by atoms with E-state index in [1.807, 2.05) is 11.6 Å². The Labute approximate surface area is 167 Å². The fourth-order valence-corrected chi connectivity index (χ4v) is 3.14. The molecule has 0 spiro atoms. The third kappa shape index (κ3) is 4.04. The molecule has 0 aliphatic carbocycles. The average molecular weight is 408 g/mol. The molecule has 3 aromatic heterocycles. The van der Waals surface area contributed by atoms with E-state index in [1.165, 1.54) is 0 Å². The average Bonchev–Trinajstić information content (AvgIpc) is 3.37. The lowest BCUT2D eigenvalue weighted by Gasteiger charge is -2.25. The number of ether oxygens (including phenoxy) is 1. The number of carbonyl (C=O) groups excluding carboxylic acids is 1. The Morgan fingerprint density at radius 2 is 2.18 bits per heavy atom. The summed E-state index contributed by atoms with van der Waals surface area (Å²) in [5.41, 5.74) is 1.96. The van der Waals surface area contributed by atoms with Gasteiger partial charge in [-0.2, -0.15) is 10.3 Å². The molecule has 3 N–H and O–H groups in total. The zero-order valence-corrected chi connectivity index (χ0v) is 16.2. The second-order valence-corrected chi connectivity index (χ2v) is 6.29. The van der Waals surface area contributed by atoms with Gasteiger partial charge in [0.15, 0.2) is 11.5 Å². The zero-order chi connectivity index (χ0) is 18.6. The van der Waals surface area contributed by atoms with E-state index in [0.29, 0.717) is 31.1 Å². The van der Waals surface area contributed by atoms with Crippen LogP contribution < -0.4 is 10.6 Å². The predicted molar refractivity (Wildman–Crippen MR) is 103 cm³/mol. The van der Waals surface area contributed by atoms with Gasteiger partial charge in [0.1, 0.15) is 0 Å². The molecule has 0 bridgehead atoms. The highest BCUT2D eigenvalue weighted by atomic mass is 35.5. The summed E-state index contributed by atoms with van der Waals surface area (Å²) in [5, 5.41) is 25.1. The molecular formula is C16H22ClN9O2. The highest BCUT2D eigenvalue weighted by Crippen LogP contribution is 2.28. The van der Waals surface area contributed by atoms with Crippen molar-refractivity contribution in [1.82, 2.24) is 40.7 Å². The molecule has 0 saturated carbocycles. The van der Waals surface area contributed by atoms with Gasteiger partial charge in [-0.3, -0.25) is 4.79 Å². The number of tetrazole rings is 1. The fourth-order valence-electron chi connectivity index (χ4n) is 3.14. The van der Waals surface area contributed by atoms with Crippen LogP contribution >= 0.6 is 12.4 Å². The molecule has 0 aromatic carbocycles. The van der Waals surface area contributed by atoms with Crippen LogP contribution in [0.3, 0.4) is 0 Å². The number of pyridine rings is 1. The van der Waals surface area contributed by atoms with Crippen molar-refractivity contribution < 1.29 is 9.53 Å². The molecule has 0 atom stereocenters. The van der Waals surface area contributed by atoms with Gasteiger partial charge in [-0.05, 0) is 19.8 Å². The number of fused-ring (bicyclic) bond motifs is 1. The summed E-state index contributed by atoms with van der Waals surface area (Å²) < 4.78 is 7.24. The summed E-state index contributed by atoms with van der Waals surface area (Å²) in [4.78, 5) is 17.3. The normalized spacial score (nSPS) is 14.6. The van der Waals surface area contributed by atoms with Crippen LogP contribution in [0.2, 0.25) is 0 Å². The minimum atomic E-state index is -0.256. The van der Waals surface area contributed by atoms with Gasteiger partial charge < -0.3 is 15.4 Å². The monoisotopic (exact) mass is 407 g/mol. The molecule has 1 saturated heterocycles. The van der Waals surface area contributed by atoms with Crippen LogP contribution in [0.4, 0.5) is 5.69 Å². The highest BCUT2D eigenvalue weighted by Gasteiger charge is 2.22. The molecule has 150 valence electrons. The Hall–Kier alpha value is -2.79. The van der Waals surface area contributed by atoms with Crippen LogP contribution in [0.1, 0.15) is 35.9 Å². The lowest BCUT2D eigenvalue weighted by atomic mass is 10.1. The summed E-state index contributed by atoms with van der Waals surface area (Å²) in [7, 11) is 0. The number of aromatic amines is 1. The first kappa shape index (κ1) is 20.0. The van der Waals surface area contributed by atoms with Crippen molar-refractivity contribution in [2.45, 2.75) is 38.9 Å². The lowest BCUT2D eigenvalue weighted by Crippen LogP contribution is -2.30. The molecule has 12 heteroatoms. The molecule has 4 rings (SSSR count). The van der Waals surface area contributed by atoms with Crippen molar-refractivity contribution >= 4 is 35.0 Å². The number of amides is 1. The Morgan fingerprint density at radius 3 is 2.89 bits per heavy atom. The Balaban J connectivity index is 0.00000225. The summed E-state index contributed by atoms with van der Waals surface area (Å²) in [6.07, 6.45) is 5.11. The molecule has 0 radical (unpaired) electrons. The van der Waals surface area contributed by atoms with Crippen LogP contribution in [0.25, 0.3) is 11.0 Å². The third-order valence-corrected chi connectivity index (χ3v) is 4.58. The summed E-state index contributed by atoms with van der Waals surface area (Å²) in [6.45, 7) is 4.30. The SMILES string of the molecule is CCn1ncc2c(NC3CCOCC3)c(C(=O)NCc3nn[nH]n3)cnc21.Cl. The summed E-state index contributed by atoms with van der Waals surface area (Å²) >= 11 is 0. The van der Waals surface area contributed by atoms with Crippen molar-refractivity contribution in [2.75, 3.05) is 18.5 Å². The van der Waals surface area contributed by atoms with Gasteiger partial charge in [-0.1, -0.05) is 5.21 Å². The van der Waals surface area contributed by atoms with Gasteiger partial charge in [0.25, 0.3) is 5.91 Å². The van der Waals surface area contributed by atoms with E-state index in [2.05, 4.69) is 41.3 Å². The van der Waals surface area contributed by atoms with E-state index < -0.39 is 0 Å². The van der Waals surface area contributed by atoms with E-state index in [1.54, 1.807) is 12.4 Å². The smallest absolute Gasteiger partial charge is 0.255 e. The van der Waals surface area contributed by atoms with Gasteiger partial charge in [0.2, 0.25) is 0 Å². The van der Waals surface area contributed by atoms with E-state index >= 15 is 0 Å². The minimum Gasteiger partial charge on any atom is -0.381 e. The van der Waals surface area contributed by atoms with E-state index in [4.69, 9.17) is 4.74 Å². The maximum atomic E-state index is 12.8. The molecule has 1 aliphatic rings. The van der Waals surface area contributed by atoms with Gasteiger partial charge >= 0.3 is 0 Å². The van der Waals surface area contributed by atoms with Gasteiger partial charge in [-0.15, -0.1) is 22.6 Å². The second kappa shape index (κ2) is 8.93. The molecule has 1 aliphatic heterocycles. The van der Waals surface area contributed by atoms with Crippen molar-refractivity contribution in [3.8, 4) is 0 Å². The Bertz CT molecular complexity index is 922. The number of nitrogens with zero attached hydrogens (tertiary/aromatic N) is 6. The third-order valence-electron chi connectivity index (χ3n) is 4.58. The van der Waals surface area contributed by atoms with Crippen LogP contribution in [0, 0.1) is 0 Å². The number of H-pyrrole nitrogens is 1. The van der Waals surface area contributed by atoms with Crippen molar-refractivity contribution in [2.24, 2.45) is 0 Å². The number of aromatic nitrogens is 7. The van der Waals surface area contributed by atoms with Gasteiger partial charge in [0.05, 0.1) is 29.4 Å². The standard InChI is InChI=1S/C16H21N9O2.ClH/c1-2-25-15-11(8-19-25)14(20-10-3-5-27-6-4-10)12(7-17-15)16(26)18-9-13-21-23-24-22-13;/h7-8,10H,2-6,9H2,1H3,(H,17,20)(H,18,26)(H,21,22,23,24);1H. The molecule has 1 fully saturated rings. The summed E-state index contributed by atoms with van der Waals surface area (Å²) in [5.74, 6) is 0.156. The van der Waals surface area contributed by atoms with E-state index in [-0.39, 0.29) is 30.9 Å². The van der Waals surface area contributed by atoms with E-state index in [0.717, 1.165) is 29.6 Å². The largest absolute Gasteiger partial charge is 0.381 e. The van der Waals surface area contributed by atoms with Crippen molar-refractivity contribution in [3.63, 3.8) is 0 Å². The van der Waals surface area contributed by atoms with Crippen LogP contribution in [-0.4, -0.2) is 60.6 Å². The number of nitrogens with one attached hydrogen (secondary N) is 3. The zero-order valence-electron chi connectivity index (χ0n) is 15.4. The first-order valence-electron chi connectivity index (χ1n) is 8.95. The van der Waals surface area contributed by atoms with Crippen molar-refractivity contribution in [3.05, 3.63) is 23.8 Å². The molecule has 1 amide bonds. The number of hydrogen-bond donors (Lipinski definition) is 3. The molecular weight excluding hydrogens is 386 g/mol. The topological polar surface area (TPSA) is 136 Å². The second-order valence-electron chi connectivity index (χ2n) is 6.29. The predicted octanol–water partition coefficient (Wildman–Crippen LogP) is 0.907.